The predicted octanol–water partition coefficient (Wildman–Crippen LogP) is 1.32. The predicted molar refractivity (Wildman–Crippen MR) is 26.2 cm³/mol. The van der Waals surface area contributed by atoms with Gasteiger partial charge in [-0.15, -0.1) is 9.05 Å². The van der Waals surface area contributed by atoms with E-state index in [0.29, 0.717) is 6.61 Å². The Kier molecular flexibility index (Phi) is 10.9. The maximum absolute atomic E-state index is 10.1. The SMILES string of the molecule is CCO[P+](=O)OC.[Zn]. The van der Waals surface area contributed by atoms with Crippen LogP contribution in [0, 0.1) is 0 Å². The van der Waals surface area contributed by atoms with Gasteiger partial charge in [0.25, 0.3) is 0 Å². The van der Waals surface area contributed by atoms with E-state index in [0.717, 1.165) is 0 Å². The van der Waals surface area contributed by atoms with Crippen molar-refractivity contribution >= 4 is 8.25 Å². The second-order valence-electron chi connectivity index (χ2n) is 0.824. The molecule has 0 spiro atoms. The summed E-state index contributed by atoms with van der Waals surface area (Å²) in [5, 5.41) is 0. The Morgan fingerprint density at radius 1 is 1.62 bits per heavy atom. The van der Waals surface area contributed by atoms with Crippen LogP contribution in [0.3, 0.4) is 0 Å². The van der Waals surface area contributed by atoms with E-state index in [4.69, 9.17) is 0 Å². The molecule has 0 aliphatic heterocycles. The monoisotopic (exact) mass is 187 g/mol. The first kappa shape index (κ1) is 11.4. The van der Waals surface area contributed by atoms with E-state index in [1.807, 2.05) is 0 Å². The van der Waals surface area contributed by atoms with E-state index in [-0.39, 0.29) is 19.5 Å². The summed E-state index contributed by atoms with van der Waals surface area (Å²) in [6, 6.07) is 0. The van der Waals surface area contributed by atoms with Crippen LogP contribution in [0.4, 0.5) is 0 Å². The Labute approximate surface area is 62.5 Å². The van der Waals surface area contributed by atoms with Crippen LogP contribution in [0.15, 0.2) is 0 Å². The zero-order valence-corrected chi connectivity index (χ0v) is 8.95. The van der Waals surface area contributed by atoms with Gasteiger partial charge in [0, 0.05) is 24.0 Å². The Hall–Kier alpha value is 0.643. The van der Waals surface area contributed by atoms with Crippen LogP contribution in [0.1, 0.15) is 6.92 Å². The van der Waals surface area contributed by atoms with E-state index in [1.54, 1.807) is 6.92 Å². The summed E-state index contributed by atoms with van der Waals surface area (Å²) in [5.41, 5.74) is 0. The third-order valence-corrected chi connectivity index (χ3v) is 1.15. The maximum atomic E-state index is 10.1. The van der Waals surface area contributed by atoms with Crippen molar-refractivity contribution in [3.05, 3.63) is 0 Å². The van der Waals surface area contributed by atoms with Crippen molar-refractivity contribution in [2.24, 2.45) is 0 Å². The van der Waals surface area contributed by atoms with Crippen LogP contribution >= 0.6 is 8.25 Å². The van der Waals surface area contributed by atoms with Gasteiger partial charge >= 0.3 is 8.25 Å². The van der Waals surface area contributed by atoms with Gasteiger partial charge in [0.2, 0.25) is 0 Å². The summed E-state index contributed by atoms with van der Waals surface area (Å²) < 4.78 is 18.9. The van der Waals surface area contributed by atoms with Crippen molar-refractivity contribution in [2.75, 3.05) is 13.7 Å². The molecule has 1 unspecified atom stereocenters. The van der Waals surface area contributed by atoms with E-state index in [2.05, 4.69) is 9.05 Å². The molecule has 0 aromatic carbocycles. The molecule has 5 heteroatoms. The summed E-state index contributed by atoms with van der Waals surface area (Å²) in [6.07, 6.45) is 0. The normalized spacial score (nSPS) is 10.0. The molecular weight excluding hydrogens is 180 g/mol. The average molecular weight is 188 g/mol. The Balaban J connectivity index is 0. The zero-order valence-electron chi connectivity index (χ0n) is 5.09. The second kappa shape index (κ2) is 7.64. The van der Waals surface area contributed by atoms with Crippen LogP contribution in [-0.2, 0) is 33.1 Å². The molecule has 0 saturated carbocycles. The van der Waals surface area contributed by atoms with Crippen LogP contribution in [0.25, 0.3) is 0 Å². The summed E-state index contributed by atoms with van der Waals surface area (Å²) in [7, 11) is -0.487. The molecule has 1 atom stereocenters. The van der Waals surface area contributed by atoms with E-state index in [9.17, 15) is 4.57 Å². The maximum Gasteiger partial charge on any atom is 0.697 e. The third-order valence-electron chi connectivity index (χ3n) is 0.384. The molecule has 0 aromatic rings. The van der Waals surface area contributed by atoms with Crippen molar-refractivity contribution in [1.82, 2.24) is 0 Å². The smallest absolute Gasteiger partial charge is 0.122 e. The van der Waals surface area contributed by atoms with Crippen molar-refractivity contribution < 1.29 is 33.1 Å². The van der Waals surface area contributed by atoms with Crippen molar-refractivity contribution in [3.63, 3.8) is 0 Å². The molecule has 0 rings (SSSR count). The van der Waals surface area contributed by atoms with Gasteiger partial charge in [-0.05, 0) is 6.92 Å². The number of hydrogen-bond acceptors (Lipinski definition) is 3. The topological polar surface area (TPSA) is 35.5 Å². The van der Waals surface area contributed by atoms with Crippen molar-refractivity contribution in [3.8, 4) is 0 Å². The number of rotatable bonds is 3. The molecule has 0 aliphatic carbocycles. The molecule has 0 amide bonds. The first-order valence-corrected chi connectivity index (χ1v) is 3.05. The molecule has 0 N–H and O–H groups in total. The fraction of sp³-hybridized carbons (Fsp3) is 1.00. The van der Waals surface area contributed by atoms with E-state index >= 15 is 0 Å². The van der Waals surface area contributed by atoms with Crippen LogP contribution in [-0.4, -0.2) is 13.7 Å². The minimum Gasteiger partial charge on any atom is -0.122 e. The second-order valence-corrected chi connectivity index (χ2v) is 1.89. The summed E-state index contributed by atoms with van der Waals surface area (Å²) in [6.45, 7) is 2.19. The van der Waals surface area contributed by atoms with Crippen LogP contribution < -0.4 is 0 Å². The van der Waals surface area contributed by atoms with E-state index in [1.165, 1.54) is 7.11 Å². The Morgan fingerprint density at radius 2 is 2.12 bits per heavy atom. The molecule has 0 saturated heterocycles. The zero-order chi connectivity index (χ0) is 5.70. The molecule has 0 bridgehead atoms. The van der Waals surface area contributed by atoms with Gasteiger partial charge in [0.05, 0.1) is 7.11 Å². The molecule has 44 valence electrons. The van der Waals surface area contributed by atoms with Gasteiger partial charge in [-0.2, -0.15) is 0 Å². The summed E-state index contributed by atoms with van der Waals surface area (Å²) in [5.74, 6) is 0. The van der Waals surface area contributed by atoms with Gasteiger partial charge in [0.1, 0.15) is 6.61 Å². The molecule has 3 nitrogen and oxygen atoms in total. The molecule has 8 heavy (non-hydrogen) atoms. The minimum absolute atomic E-state index is 0. The Morgan fingerprint density at radius 3 is 2.25 bits per heavy atom. The molecule has 0 heterocycles. The van der Waals surface area contributed by atoms with Gasteiger partial charge in [-0.25, -0.2) is 0 Å². The molecule has 0 aliphatic rings. The quantitative estimate of drug-likeness (QED) is 0.495. The van der Waals surface area contributed by atoms with Crippen molar-refractivity contribution in [1.29, 1.82) is 0 Å². The molecule has 0 aromatic heterocycles. The fourth-order valence-corrected chi connectivity index (χ4v) is 0.474. The first-order valence-electron chi connectivity index (χ1n) is 1.95. The molecule has 0 fully saturated rings. The first-order chi connectivity index (χ1) is 3.31. The fourth-order valence-electron chi connectivity index (χ4n) is 0.158. The molecular formula is C3H8O3PZn+. The van der Waals surface area contributed by atoms with Gasteiger partial charge in [-0.3, -0.25) is 0 Å². The Bertz CT molecular complexity index is 67.5. The standard InChI is InChI=1S/C3H8O3P.Zn/c1-3-6-7(4)5-2;/h3H2,1-2H3;/q+1;. The van der Waals surface area contributed by atoms with Gasteiger partial charge in [-0.1, -0.05) is 0 Å². The van der Waals surface area contributed by atoms with Gasteiger partial charge < -0.3 is 0 Å². The van der Waals surface area contributed by atoms with Crippen LogP contribution in [0.2, 0.25) is 0 Å². The number of hydrogen-bond donors (Lipinski definition) is 0. The third kappa shape index (κ3) is 6.64. The van der Waals surface area contributed by atoms with Crippen LogP contribution in [0.5, 0.6) is 0 Å². The summed E-state index contributed by atoms with van der Waals surface area (Å²) >= 11 is 0. The largest absolute Gasteiger partial charge is 0.697 e. The van der Waals surface area contributed by atoms with Crippen molar-refractivity contribution in [2.45, 2.75) is 6.92 Å². The minimum atomic E-state index is -1.83. The average Bonchev–Trinajstić information content (AvgIpc) is 1.68. The van der Waals surface area contributed by atoms with Gasteiger partial charge in [0.15, 0.2) is 0 Å². The van der Waals surface area contributed by atoms with E-state index < -0.39 is 8.25 Å². The molecule has 0 radical (unpaired) electrons. The summed E-state index contributed by atoms with van der Waals surface area (Å²) in [4.78, 5) is 0.